The number of methoxy groups -OCH3 is 2. The quantitative estimate of drug-likeness (QED) is 0.270. The lowest BCUT2D eigenvalue weighted by Gasteiger charge is -2.21. The van der Waals surface area contributed by atoms with E-state index in [1.54, 1.807) is 14.2 Å². The molecule has 1 unspecified atom stereocenters. The molecule has 2 N–H and O–H groups in total. The molecule has 0 spiro atoms. The highest BCUT2D eigenvalue weighted by Crippen LogP contribution is 2.29. The largest absolute Gasteiger partial charge is 0.497 e. The van der Waals surface area contributed by atoms with Gasteiger partial charge in [0.25, 0.3) is 0 Å². The molecule has 0 saturated carbocycles. The molecular formula is C25H35IN4O3. The Kier molecular flexibility index (Phi) is 10.8. The Morgan fingerprint density at radius 3 is 2.61 bits per heavy atom. The minimum Gasteiger partial charge on any atom is -0.497 e. The van der Waals surface area contributed by atoms with Gasteiger partial charge >= 0.3 is 0 Å². The van der Waals surface area contributed by atoms with Gasteiger partial charge in [-0.15, -0.1) is 24.0 Å². The van der Waals surface area contributed by atoms with Crippen molar-refractivity contribution < 1.29 is 14.3 Å². The Labute approximate surface area is 214 Å². The van der Waals surface area contributed by atoms with Crippen molar-refractivity contribution in [2.45, 2.75) is 45.8 Å². The van der Waals surface area contributed by atoms with Gasteiger partial charge in [-0.2, -0.15) is 0 Å². The maximum absolute atomic E-state index is 11.9. The molecule has 1 atom stereocenters. The number of hydrogen-bond acceptors (Lipinski definition) is 4. The normalized spacial score (nSPS) is 14.5. The average molecular weight is 566 g/mol. The summed E-state index contributed by atoms with van der Waals surface area (Å²) in [6.45, 7) is 6.92. The lowest BCUT2D eigenvalue weighted by atomic mass is 10.1. The van der Waals surface area contributed by atoms with Crippen LogP contribution in [0.15, 0.2) is 47.5 Å². The number of guanidine groups is 1. The van der Waals surface area contributed by atoms with Crippen LogP contribution in [0, 0.1) is 0 Å². The molecule has 8 heteroatoms. The first-order valence-corrected chi connectivity index (χ1v) is 11.2. The summed E-state index contributed by atoms with van der Waals surface area (Å²) in [6.07, 6.45) is 1.62. The number of nitrogens with zero attached hydrogens (tertiary/aromatic N) is 2. The minimum absolute atomic E-state index is 0. The first kappa shape index (κ1) is 26.8. The Bertz CT molecular complexity index is 951. The second kappa shape index (κ2) is 13.3. The molecule has 0 bridgehead atoms. The molecule has 3 rings (SSSR count). The van der Waals surface area contributed by atoms with Crippen molar-refractivity contribution in [3.8, 4) is 11.5 Å². The van der Waals surface area contributed by atoms with Crippen molar-refractivity contribution in [3.63, 3.8) is 0 Å². The molecule has 1 aliphatic rings. The van der Waals surface area contributed by atoms with Crippen LogP contribution in [0.1, 0.15) is 49.4 Å². The number of rotatable bonds is 9. The molecule has 0 aromatic heterocycles. The highest BCUT2D eigenvalue weighted by molar-refractivity contribution is 14.0. The number of halogens is 1. The highest BCUT2D eigenvalue weighted by Gasteiger charge is 2.20. The fourth-order valence-electron chi connectivity index (χ4n) is 3.87. The smallest absolute Gasteiger partial charge is 0.222 e. The van der Waals surface area contributed by atoms with Crippen molar-refractivity contribution in [2.24, 2.45) is 4.99 Å². The second-order valence-corrected chi connectivity index (χ2v) is 7.91. The molecule has 1 aliphatic heterocycles. The van der Waals surface area contributed by atoms with E-state index in [1.165, 1.54) is 0 Å². The number of ether oxygens (including phenoxy) is 2. The lowest BCUT2D eigenvalue weighted by Crippen LogP contribution is -2.38. The van der Waals surface area contributed by atoms with Crippen LogP contribution >= 0.6 is 24.0 Å². The van der Waals surface area contributed by atoms with E-state index in [0.717, 1.165) is 53.7 Å². The van der Waals surface area contributed by atoms with Gasteiger partial charge in [-0.05, 0) is 49.6 Å². The number of carbonyl (C=O) groups excluding carboxylic acids is 1. The number of amides is 1. The lowest BCUT2D eigenvalue weighted by molar-refractivity contribution is -0.128. The molecule has 2 aromatic carbocycles. The zero-order valence-electron chi connectivity index (χ0n) is 19.9. The van der Waals surface area contributed by atoms with Gasteiger partial charge in [0.2, 0.25) is 5.91 Å². The molecule has 0 radical (unpaired) electrons. The zero-order valence-corrected chi connectivity index (χ0v) is 22.2. The fraction of sp³-hybridized carbons (Fsp3) is 0.440. The van der Waals surface area contributed by atoms with E-state index >= 15 is 0 Å². The van der Waals surface area contributed by atoms with Crippen LogP contribution in [-0.4, -0.2) is 44.1 Å². The number of hydrogen-bond donors (Lipinski definition) is 2. The number of benzene rings is 2. The summed E-state index contributed by atoms with van der Waals surface area (Å²) >= 11 is 0. The molecular weight excluding hydrogens is 531 g/mol. The maximum atomic E-state index is 11.9. The van der Waals surface area contributed by atoms with Crippen molar-refractivity contribution in [3.05, 3.63) is 59.2 Å². The van der Waals surface area contributed by atoms with Crippen LogP contribution in [0.3, 0.4) is 0 Å². The van der Waals surface area contributed by atoms with E-state index in [0.29, 0.717) is 19.5 Å². The van der Waals surface area contributed by atoms with E-state index in [4.69, 9.17) is 14.5 Å². The van der Waals surface area contributed by atoms with Gasteiger partial charge < -0.3 is 25.0 Å². The summed E-state index contributed by atoms with van der Waals surface area (Å²) in [6, 6.07) is 14.0. The number of carbonyl (C=O) groups is 1. The zero-order chi connectivity index (χ0) is 22.9. The van der Waals surface area contributed by atoms with Crippen molar-refractivity contribution >= 4 is 35.8 Å². The molecule has 1 amide bonds. The van der Waals surface area contributed by atoms with E-state index < -0.39 is 0 Å². The van der Waals surface area contributed by atoms with Gasteiger partial charge in [0.15, 0.2) is 5.96 Å². The van der Waals surface area contributed by atoms with Gasteiger partial charge in [0.05, 0.1) is 26.8 Å². The van der Waals surface area contributed by atoms with Gasteiger partial charge in [0.1, 0.15) is 11.5 Å². The van der Waals surface area contributed by atoms with Crippen molar-refractivity contribution in [1.82, 2.24) is 15.5 Å². The Morgan fingerprint density at radius 1 is 1.15 bits per heavy atom. The van der Waals surface area contributed by atoms with Crippen LogP contribution in [-0.2, 0) is 17.9 Å². The predicted octanol–water partition coefficient (Wildman–Crippen LogP) is 4.26. The summed E-state index contributed by atoms with van der Waals surface area (Å²) in [5, 5.41) is 6.77. The SMILES string of the molecule is CCNC(=NCc1cccc(CN2CCCC2=O)c1)NC(C)c1cc(OC)ccc1OC.I. The Morgan fingerprint density at radius 2 is 1.94 bits per heavy atom. The fourth-order valence-corrected chi connectivity index (χ4v) is 3.87. The third-order valence-corrected chi connectivity index (χ3v) is 5.56. The summed E-state index contributed by atoms with van der Waals surface area (Å²) in [7, 11) is 3.32. The highest BCUT2D eigenvalue weighted by atomic mass is 127. The number of nitrogens with one attached hydrogen (secondary N) is 2. The molecule has 1 fully saturated rings. The third-order valence-electron chi connectivity index (χ3n) is 5.56. The Hall–Kier alpha value is -2.49. The molecule has 0 aliphatic carbocycles. The average Bonchev–Trinajstić information content (AvgIpc) is 3.21. The van der Waals surface area contributed by atoms with E-state index in [1.807, 2.05) is 36.1 Å². The van der Waals surface area contributed by atoms with E-state index in [9.17, 15) is 4.79 Å². The van der Waals surface area contributed by atoms with Crippen LogP contribution in [0.25, 0.3) is 0 Å². The molecule has 180 valence electrons. The molecule has 2 aromatic rings. The van der Waals surface area contributed by atoms with E-state index in [2.05, 4.69) is 35.8 Å². The number of aliphatic imine (C=N–C) groups is 1. The maximum Gasteiger partial charge on any atom is 0.222 e. The molecule has 7 nitrogen and oxygen atoms in total. The standard InChI is InChI=1S/C25H34N4O3.HI/c1-5-26-25(28-18(2)22-15-21(31-3)11-12-23(22)32-4)27-16-19-8-6-9-20(14-19)17-29-13-7-10-24(29)30;/h6,8-9,11-12,14-15,18H,5,7,10,13,16-17H2,1-4H3,(H2,26,27,28);1H. The van der Waals surface area contributed by atoms with Gasteiger partial charge in [-0.25, -0.2) is 4.99 Å². The monoisotopic (exact) mass is 566 g/mol. The van der Waals surface area contributed by atoms with Gasteiger partial charge in [-0.1, -0.05) is 24.3 Å². The summed E-state index contributed by atoms with van der Waals surface area (Å²) < 4.78 is 10.9. The van der Waals surface area contributed by atoms with Gasteiger partial charge in [0, 0.05) is 31.6 Å². The van der Waals surface area contributed by atoms with Crippen molar-refractivity contribution in [2.75, 3.05) is 27.3 Å². The molecule has 1 saturated heterocycles. The minimum atomic E-state index is -0.0367. The number of likely N-dealkylation sites (tertiary alicyclic amines) is 1. The Balaban J connectivity index is 0.00000385. The van der Waals surface area contributed by atoms with Crippen LogP contribution < -0.4 is 20.1 Å². The summed E-state index contributed by atoms with van der Waals surface area (Å²) in [5.41, 5.74) is 3.24. The van der Waals surface area contributed by atoms with Crippen LogP contribution in [0.4, 0.5) is 0 Å². The van der Waals surface area contributed by atoms with Crippen molar-refractivity contribution in [1.29, 1.82) is 0 Å². The summed E-state index contributed by atoms with van der Waals surface area (Å²) in [4.78, 5) is 18.6. The first-order valence-electron chi connectivity index (χ1n) is 11.2. The predicted molar refractivity (Wildman–Crippen MR) is 142 cm³/mol. The summed E-state index contributed by atoms with van der Waals surface area (Å²) in [5.74, 6) is 2.55. The third kappa shape index (κ3) is 7.52. The molecule has 33 heavy (non-hydrogen) atoms. The first-order chi connectivity index (χ1) is 15.5. The second-order valence-electron chi connectivity index (χ2n) is 7.91. The topological polar surface area (TPSA) is 75.2 Å². The van der Waals surface area contributed by atoms with Crippen LogP contribution in [0.2, 0.25) is 0 Å². The van der Waals surface area contributed by atoms with Gasteiger partial charge in [-0.3, -0.25) is 4.79 Å². The van der Waals surface area contributed by atoms with E-state index in [-0.39, 0.29) is 35.9 Å². The van der Waals surface area contributed by atoms with Crippen LogP contribution in [0.5, 0.6) is 11.5 Å². The molecule has 1 heterocycles.